The van der Waals surface area contributed by atoms with Gasteiger partial charge in [-0.3, -0.25) is 37.3 Å². The topological polar surface area (TPSA) is 237 Å². The number of carbonyl (C=O) groups is 4. The molecule has 0 aliphatic rings. The molecule has 0 radical (unpaired) electrons. The second kappa shape index (κ2) is 69.0. The highest BCUT2D eigenvalue weighted by Gasteiger charge is 2.30. The quantitative estimate of drug-likeness (QED) is 0.0169. The average Bonchev–Trinajstić information content (AvgIpc) is 1.14. The minimum Gasteiger partial charge on any atom is -0.462 e. The van der Waals surface area contributed by atoms with Crippen molar-refractivity contribution in [1.82, 2.24) is 0 Å². The maximum Gasteiger partial charge on any atom is 0.472 e. The normalized spacial score (nSPS) is 14.7. The van der Waals surface area contributed by atoms with Crippen molar-refractivity contribution in [3.63, 3.8) is 0 Å². The Morgan fingerprint density at radius 2 is 0.562 bits per heavy atom. The Kier molecular flexibility index (Phi) is 65.7. The van der Waals surface area contributed by atoms with Crippen LogP contribution in [0.4, 0.5) is 0 Å². The SMILES string of the molecule is CC/C=C\C/C=C\C/C=C\C/C=C\CCCCC(=O)OCC(COP(=O)(O)OCC(O)COP(=O)(O)OCC(COC(=O)CCCC/C=C\C/C=C\C/C=C\C/C=C\CC)OC(=O)CCCCCCCCCCCCCCC)OC(=O)CCCCCCC/C=C\C/C=C\CCC. The lowest BCUT2D eigenvalue weighted by atomic mass is 10.0. The van der Waals surface area contributed by atoms with E-state index in [0.29, 0.717) is 25.7 Å². The van der Waals surface area contributed by atoms with Crippen LogP contribution in [0.1, 0.15) is 285 Å². The summed E-state index contributed by atoms with van der Waals surface area (Å²) in [7, 11) is -9.97. The molecule has 0 rings (SSSR count). The molecule has 550 valence electrons. The average molecular weight is 1390 g/mol. The summed E-state index contributed by atoms with van der Waals surface area (Å²) >= 11 is 0. The maximum atomic E-state index is 13.0. The third kappa shape index (κ3) is 68.0. The molecule has 0 aromatic heterocycles. The van der Waals surface area contributed by atoms with E-state index in [9.17, 15) is 43.2 Å². The summed E-state index contributed by atoms with van der Waals surface area (Å²) < 4.78 is 68.3. The highest BCUT2D eigenvalue weighted by molar-refractivity contribution is 7.47. The first-order chi connectivity index (χ1) is 46.7. The predicted octanol–water partition coefficient (Wildman–Crippen LogP) is 20.8. The van der Waals surface area contributed by atoms with E-state index in [2.05, 4.69) is 149 Å². The Balaban J connectivity index is 5.41. The van der Waals surface area contributed by atoms with Crippen LogP contribution in [-0.2, 0) is 65.4 Å². The van der Waals surface area contributed by atoms with Crippen LogP contribution in [0.15, 0.2) is 122 Å². The van der Waals surface area contributed by atoms with Gasteiger partial charge in [-0.25, -0.2) is 9.13 Å². The van der Waals surface area contributed by atoms with Gasteiger partial charge in [-0.2, -0.15) is 0 Å². The van der Waals surface area contributed by atoms with Crippen LogP contribution >= 0.6 is 15.6 Å². The molecule has 5 atom stereocenters. The fourth-order valence-electron chi connectivity index (χ4n) is 9.36. The second-order valence-corrected chi connectivity index (χ2v) is 27.0. The first-order valence-electron chi connectivity index (χ1n) is 36.8. The summed E-state index contributed by atoms with van der Waals surface area (Å²) in [5.41, 5.74) is 0. The number of unbranched alkanes of at least 4 members (excludes halogenated alkanes) is 22. The lowest BCUT2D eigenvalue weighted by Gasteiger charge is -2.21. The molecule has 0 saturated carbocycles. The fourth-order valence-corrected chi connectivity index (χ4v) is 10.9. The van der Waals surface area contributed by atoms with Gasteiger partial charge >= 0.3 is 39.5 Å². The molecule has 0 saturated heterocycles. The van der Waals surface area contributed by atoms with E-state index in [1.807, 2.05) is 0 Å². The molecule has 0 aliphatic carbocycles. The van der Waals surface area contributed by atoms with Gasteiger partial charge in [0.25, 0.3) is 0 Å². The van der Waals surface area contributed by atoms with Gasteiger partial charge in [-0.05, 0) is 128 Å². The van der Waals surface area contributed by atoms with Crippen molar-refractivity contribution in [1.29, 1.82) is 0 Å². The second-order valence-electron chi connectivity index (χ2n) is 24.1. The monoisotopic (exact) mass is 1390 g/mol. The zero-order chi connectivity index (χ0) is 70.4. The van der Waals surface area contributed by atoms with E-state index < -0.39 is 97.5 Å². The van der Waals surface area contributed by atoms with Crippen molar-refractivity contribution in [2.24, 2.45) is 0 Å². The predicted molar refractivity (Wildman–Crippen MR) is 390 cm³/mol. The third-order valence-electron chi connectivity index (χ3n) is 14.9. The van der Waals surface area contributed by atoms with Crippen LogP contribution in [0.25, 0.3) is 0 Å². The fraction of sp³-hybridized carbons (Fsp3) is 0.688. The van der Waals surface area contributed by atoms with Crippen LogP contribution < -0.4 is 0 Å². The molecule has 0 heterocycles. The van der Waals surface area contributed by atoms with Crippen LogP contribution in [-0.4, -0.2) is 96.7 Å². The summed E-state index contributed by atoms with van der Waals surface area (Å²) in [6, 6.07) is 0. The number of esters is 4. The molecule has 0 fully saturated rings. The van der Waals surface area contributed by atoms with Gasteiger partial charge in [0.15, 0.2) is 12.2 Å². The number of ether oxygens (including phenoxy) is 4. The first kappa shape index (κ1) is 91.5. The van der Waals surface area contributed by atoms with Gasteiger partial charge in [-0.1, -0.05) is 252 Å². The van der Waals surface area contributed by atoms with Gasteiger partial charge in [-0.15, -0.1) is 0 Å². The smallest absolute Gasteiger partial charge is 0.462 e. The number of aliphatic hydroxyl groups is 1. The highest BCUT2D eigenvalue weighted by atomic mass is 31.2. The maximum absolute atomic E-state index is 13.0. The van der Waals surface area contributed by atoms with Crippen LogP contribution in [0.3, 0.4) is 0 Å². The summed E-state index contributed by atoms with van der Waals surface area (Å²) in [6.45, 7) is 4.46. The number of phosphoric ester groups is 2. The number of carbonyl (C=O) groups excluding carboxylic acids is 4. The summed E-state index contributed by atoms with van der Waals surface area (Å²) in [6.07, 6.45) is 73.5. The van der Waals surface area contributed by atoms with Gasteiger partial charge in [0.05, 0.1) is 26.4 Å². The van der Waals surface area contributed by atoms with Gasteiger partial charge in [0.2, 0.25) is 0 Å². The molecule has 19 heteroatoms. The molecule has 0 spiro atoms. The minimum atomic E-state index is -4.99. The van der Waals surface area contributed by atoms with Gasteiger partial charge in [0.1, 0.15) is 19.3 Å². The van der Waals surface area contributed by atoms with Crippen molar-refractivity contribution < 1.29 is 80.2 Å². The minimum absolute atomic E-state index is 0.0665. The van der Waals surface area contributed by atoms with Crippen LogP contribution in [0.2, 0.25) is 0 Å². The molecule has 0 bridgehead atoms. The zero-order valence-electron chi connectivity index (χ0n) is 59.8. The van der Waals surface area contributed by atoms with Crippen molar-refractivity contribution in [2.45, 2.75) is 303 Å². The first-order valence-corrected chi connectivity index (χ1v) is 39.8. The summed E-state index contributed by atoms with van der Waals surface area (Å²) in [5, 5.41) is 10.6. The molecule has 96 heavy (non-hydrogen) atoms. The standard InChI is InChI=1S/C77H130O17P2/c1-5-9-13-17-21-25-29-33-35-39-41-45-49-53-57-61-74(79)87-67-72(93-76(81)63-59-55-51-47-43-37-31-27-23-19-15-11-7-3)69-91-95(83,84)89-65-71(78)66-90-96(85,86)92-70-73(94-77(82)64-60-56-52-48-44-38-32-28-24-20-16-12-8-4)68-88-75(80)62-58-54-50-46-42-40-36-34-30-26-22-18-14-10-6-2/h9-10,13-15,19,21-22,25-27,31,33-36,41-42,45-46,71-73,78H,5-8,11-12,16-18,20,23-24,28-30,32,37-40,43-44,47-70H2,1-4H3,(H,83,84)(H,85,86)/b13-9-,14-10-,19-15-,25-21-,26-22-,31-27-,35-33-,36-34-,45-41-,46-42-. The number of phosphoric acid groups is 2. The number of aliphatic hydroxyl groups excluding tert-OH is 1. The van der Waals surface area contributed by atoms with Gasteiger partial charge in [0, 0.05) is 25.7 Å². The highest BCUT2D eigenvalue weighted by Crippen LogP contribution is 2.45. The number of hydrogen-bond donors (Lipinski definition) is 3. The van der Waals surface area contributed by atoms with Crippen molar-refractivity contribution >= 4 is 39.5 Å². The van der Waals surface area contributed by atoms with E-state index in [1.54, 1.807) is 0 Å². The van der Waals surface area contributed by atoms with Crippen molar-refractivity contribution in [3.8, 4) is 0 Å². The number of hydrogen-bond acceptors (Lipinski definition) is 15. The van der Waals surface area contributed by atoms with Crippen LogP contribution in [0.5, 0.6) is 0 Å². The largest absolute Gasteiger partial charge is 0.472 e. The number of allylic oxidation sites excluding steroid dienone is 20. The van der Waals surface area contributed by atoms with Crippen molar-refractivity contribution in [3.05, 3.63) is 122 Å². The molecular weight excluding hydrogens is 1260 g/mol. The summed E-state index contributed by atoms with van der Waals surface area (Å²) in [4.78, 5) is 72.7. The van der Waals surface area contributed by atoms with E-state index in [-0.39, 0.29) is 25.7 Å². The molecule has 0 aromatic rings. The molecule has 0 amide bonds. The van der Waals surface area contributed by atoms with Crippen molar-refractivity contribution in [2.75, 3.05) is 39.6 Å². The molecule has 0 aromatic carbocycles. The van der Waals surface area contributed by atoms with E-state index in [4.69, 9.17) is 37.0 Å². The third-order valence-corrected chi connectivity index (χ3v) is 16.8. The molecular formula is C77H130O17P2. The van der Waals surface area contributed by atoms with Gasteiger partial charge < -0.3 is 33.8 Å². The molecule has 3 N–H and O–H groups in total. The Bertz CT molecular complexity index is 2300. The molecule has 17 nitrogen and oxygen atoms in total. The lowest BCUT2D eigenvalue weighted by Crippen LogP contribution is -2.30. The Labute approximate surface area is 581 Å². The van der Waals surface area contributed by atoms with E-state index >= 15 is 0 Å². The Morgan fingerprint density at radius 3 is 0.896 bits per heavy atom. The zero-order valence-corrected chi connectivity index (χ0v) is 61.5. The Hall–Kier alpha value is -4.54. The summed E-state index contributed by atoms with van der Waals surface area (Å²) in [5.74, 6) is -2.28. The van der Waals surface area contributed by atoms with Crippen LogP contribution in [0, 0.1) is 0 Å². The molecule has 0 aliphatic heterocycles. The number of rotatable bonds is 68. The Morgan fingerprint density at radius 1 is 0.302 bits per heavy atom. The van der Waals surface area contributed by atoms with E-state index in [0.717, 1.165) is 154 Å². The lowest BCUT2D eigenvalue weighted by molar-refractivity contribution is -0.161. The molecule has 5 unspecified atom stereocenters. The van der Waals surface area contributed by atoms with E-state index in [1.165, 1.54) is 51.4 Å².